The van der Waals surface area contributed by atoms with E-state index in [9.17, 15) is 9.18 Å². The summed E-state index contributed by atoms with van der Waals surface area (Å²) in [6.45, 7) is 4.37. The molecule has 4 aliphatic carbocycles. The Labute approximate surface area is 133 Å². The van der Waals surface area contributed by atoms with Gasteiger partial charge in [-0.05, 0) is 73.7 Å². The van der Waals surface area contributed by atoms with Crippen molar-refractivity contribution in [1.82, 2.24) is 0 Å². The highest BCUT2D eigenvalue weighted by molar-refractivity contribution is 5.87. The van der Waals surface area contributed by atoms with E-state index >= 15 is 0 Å². The van der Waals surface area contributed by atoms with Crippen LogP contribution >= 0.6 is 0 Å². The molecule has 0 aliphatic heterocycles. The lowest BCUT2D eigenvalue weighted by Crippen LogP contribution is -2.50. The third-order valence-electron chi connectivity index (χ3n) is 8.10. The summed E-state index contributed by atoms with van der Waals surface area (Å²) >= 11 is 0. The zero-order valence-corrected chi connectivity index (χ0v) is 14.1. The van der Waals surface area contributed by atoms with Crippen LogP contribution in [0.1, 0.15) is 71.6 Å². The normalized spacial score (nSPS) is 48.0. The molecule has 0 heterocycles. The molecule has 3 fully saturated rings. The van der Waals surface area contributed by atoms with E-state index in [2.05, 4.69) is 13.8 Å². The van der Waals surface area contributed by atoms with Crippen LogP contribution in [0.25, 0.3) is 0 Å². The third kappa shape index (κ3) is 1.79. The fourth-order valence-electron chi connectivity index (χ4n) is 6.90. The van der Waals surface area contributed by atoms with Crippen molar-refractivity contribution in [2.45, 2.75) is 71.6 Å². The van der Waals surface area contributed by atoms with Gasteiger partial charge in [-0.3, -0.25) is 4.79 Å². The highest BCUT2D eigenvalue weighted by Gasteiger charge is 2.59. The van der Waals surface area contributed by atoms with Crippen molar-refractivity contribution in [3.63, 3.8) is 0 Å². The van der Waals surface area contributed by atoms with Crippen molar-refractivity contribution >= 4 is 5.78 Å². The Hall–Kier alpha value is -0.660. The maximum Gasteiger partial charge on any atom is 0.139 e. The number of hydrogen-bond acceptors (Lipinski definition) is 1. The number of carbonyl (C=O) groups excluding carboxylic acids is 1. The Balaban J connectivity index is 1.76. The van der Waals surface area contributed by atoms with Crippen LogP contribution in [0.4, 0.5) is 4.39 Å². The molecule has 0 saturated heterocycles. The van der Waals surface area contributed by atoms with Gasteiger partial charge in [-0.15, -0.1) is 0 Å². The predicted octanol–water partition coefficient (Wildman–Crippen LogP) is 5.25. The predicted molar refractivity (Wildman–Crippen MR) is 86.2 cm³/mol. The fraction of sp³-hybridized carbons (Fsp3) is 0.850. The Kier molecular flexibility index (Phi) is 3.33. The summed E-state index contributed by atoms with van der Waals surface area (Å²) in [5, 5.41) is 0. The van der Waals surface area contributed by atoms with Gasteiger partial charge in [0.2, 0.25) is 0 Å². The molecule has 0 N–H and O–H groups in total. The lowest BCUT2D eigenvalue weighted by molar-refractivity contribution is -0.131. The van der Waals surface area contributed by atoms with E-state index in [0.29, 0.717) is 23.5 Å². The van der Waals surface area contributed by atoms with E-state index in [1.165, 1.54) is 31.3 Å². The van der Waals surface area contributed by atoms with E-state index in [4.69, 9.17) is 0 Å². The van der Waals surface area contributed by atoms with Gasteiger partial charge < -0.3 is 0 Å². The highest BCUT2D eigenvalue weighted by Crippen LogP contribution is 2.65. The topological polar surface area (TPSA) is 17.1 Å². The van der Waals surface area contributed by atoms with E-state index in [1.54, 1.807) is 0 Å². The van der Waals surface area contributed by atoms with Gasteiger partial charge in [0, 0.05) is 11.8 Å². The lowest BCUT2D eigenvalue weighted by Gasteiger charge is -2.57. The second kappa shape index (κ2) is 4.92. The molecule has 0 aromatic carbocycles. The molecular formula is C20H29FO. The van der Waals surface area contributed by atoms with Crippen LogP contribution in [0, 0.1) is 28.6 Å². The molecular weight excluding hydrogens is 275 g/mol. The Bertz CT molecular complexity index is 536. The van der Waals surface area contributed by atoms with Gasteiger partial charge in [0.25, 0.3) is 0 Å². The van der Waals surface area contributed by atoms with Crippen LogP contribution in [0.15, 0.2) is 11.1 Å². The average Bonchev–Trinajstić information content (AvgIpc) is 2.82. The molecule has 0 amide bonds. The average molecular weight is 304 g/mol. The number of fused-ring (bicyclic) bond motifs is 5. The first-order valence-corrected chi connectivity index (χ1v) is 9.31. The van der Waals surface area contributed by atoms with Gasteiger partial charge in [0.05, 0.1) is 0 Å². The second-order valence-electron chi connectivity index (χ2n) is 8.84. The molecule has 5 atom stereocenters. The molecule has 3 saturated carbocycles. The van der Waals surface area contributed by atoms with E-state index in [0.717, 1.165) is 37.7 Å². The molecule has 4 rings (SSSR count). The maximum absolute atomic E-state index is 13.8. The van der Waals surface area contributed by atoms with Gasteiger partial charge in [-0.1, -0.05) is 25.8 Å². The molecule has 0 aromatic heterocycles. The van der Waals surface area contributed by atoms with Crippen molar-refractivity contribution in [3.05, 3.63) is 11.1 Å². The first-order valence-electron chi connectivity index (χ1n) is 9.31. The minimum absolute atomic E-state index is 0.0921. The first kappa shape index (κ1) is 14.9. The van der Waals surface area contributed by atoms with Crippen molar-refractivity contribution in [2.75, 3.05) is 6.67 Å². The van der Waals surface area contributed by atoms with Crippen LogP contribution in [-0.4, -0.2) is 12.5 Å². The first-order chi connectivity index (χ1) is 10.5. The minimum Gasteiger partial charge on any atom is -0.299 e. The zero-order chi connectivity index (χ0) is 15.5. The molecule has 0 aromatic rings. The molecule has 22 heavy (non-hydrogen) atoms. The summed E-state index contributed by atoms with van der Waals surface area (Å²) in [6, 6.07) is 0. The third-order valence-corrected chi connectivity index (χ3v) is 8.10. The molecule has 0 unspecified atom stereocenters. The standard InChI is InChI=1S/C20H29FO/c1-19-9-4-3-5-15(19)13(12-21)11-14-16-6-7-18(22)20(16,2)10-8-17(14)19/h14,16-17H,3-12H2,1-2H3/t14-,16-,17+,19-,20-/m0/s1. The van der Waals surface area contributed by atoms with Gasteiger partial charge in [0.15, 0.2) is 0 Å². The summed E-state index contributed by atoms with van der Waals surface area (Å²) in [7, 11) is 0. The fourth-order valence-corrected chi connectivity index (χ4v) is 6.90. The summed E-state index contributed by atoms with van der Waals surface area (Å²) in [5.41, 5.74) is 2.74. The molecule has 0 bridgehead atoms. The molecule has 122 valence electrons. The summed E-state index contributed by atoms with van der Waals surface area (Å²) < 4.78 is 13.8. The van der Waals surface area contributed by atoms with Crippen molar-refractivity contribution in [3.8, 4) is 0 Å². The number of hydrogen-bond donors (Lipinski definition) is 0. The van der Waals surface area contributed by atoms with Crippen molar-refractivity contribution in [2.24, 2.45) is 28.6 Å². The van der Waals surface area contributed by atoms with Gasteiger partial charge in [-0.25, -0.2) is 4.39 Å². The quantitative estimate of drug-likeness (QED) is 0.605. The van der Waals surface area contributed by atoms with Gasteiger partial charge in [0.1, 0.15) is 12.5 Å². The zero-order valence-electron chi connectivity index (χ0n) is 14.1. The summed E-state index contributed by atoms with van der Waals surface area (Å²) in [4.78, 5) is 12.4. The van der Waals surface area contributed by atoms with Crippen molar-refractivity contribution in [1.29, 1.82) is 0 Å². The molecule has 1 nitrogen and oxygen atoms in total. The largest absolute Gasteiger partial charge is 0.299 e. The SMILES string of the molecule is C[C@]12CCCCC1=C(CF)C[C@@H]1[C@H]2CC[C@]2(C)C(=O)CC[C@@H]12. The van der Waals surface area contributed by atoms with Gasteiger partial charge in [-0.2, -0.15) is 0 Å². The number of rotatable bonds is 1. The minimum atomic E-state index is -0.258. The molecule has 4 aliphatic rings. The van der Waals surface area contributed by atoms with Crippen molar-refractivity contribution < 1.29 is 9.18 Å². The Morgan fingerprint density at radius 1 is 1.05 bits per heavy atom. The number of allylic oxidation sites excluding steroid dienone is 2. The number of Topliss-reactive ketones (excluding diaryl/α,β-unsaturated/α-hetero) is 1. The second-order valence-corrected chi connectivity index (χ2v) is 8.84. The smallest absolute Gasteiger partial charge is 0.139 e. The molecule has 2 heteroatoms. The monoisotopic (exact) mass is 304 g/mol. The Morgan fingerprint density at radius 2 is 1.82 bits per heavy atom. The lowest BCUT2D eigenvalue weighted by atomic mass is 9.47. The van der Waals surface area contributed by atoms with Gasteiger partial charge >= 0.3 is 0 Å². The van der Waals surface area contributed by atoms with E-state index < -0.39 is 0 Å². The van der Waals surface area contributed by atoms with Crippen LogP contribution in [0.2, 0.25) is 0 Å². The van der Waals surface area contributed by atoms with Crippen LogP contribution in [0.5, 0.6) is 0 Å². The number of alkyl halides is 1. The maximum atomic E-state index is 13.8. The van der Waals surface area contributed by atoms with Crippen LogP contribution < -0.4 is 0 Å². The van der Waals surface area contributed by atoms with E-state index in [-0.39, 0.29) is 17.5 Å². The summed E-state index contributed by atoms with van der Waals surface area (Å²) in [5.74, 6) is 2.26. The number of halogens is 1. The molecule has 0 spiro atoms. The van der Waals surface area contributed by atoms with Crippen LogP contribution in [-0.2, 0) is 4.79 Å². The number of carbonyl (C=O) groups is 1. The number of ketones is 1. The Morgan fingerprint density at radius 3 is 2.59 bits per heavy atom. The molecule has 0 radical (unpaired) electrons. The van der Waals surface area contributed by atoms with E-state index in [1.807, 2.05) is 0 Å². The highest BCUT2D eigenvalue weighted by atomic mass is 19.1. The van der Waals surface area contributed by atoms with Crippen LogP contribution in [0.3, 0.4) is 0 Å². The summed E-state index contributed by atoms with van der Waals surface area (Å²) in [6.07, 6.45) is 9.93.